The van der Waals surface area contributed by atoms with Crippen molar-refractivity contribution in [3.8, 4) is 0 Å². The molecule has 0 aliphatic heterocycles. The summed E-state index contributed by atoms with van der Waals surface area (Å²) in [4.78, 5) is 25.3. The average Bonchev–Trinajstić information content (AvgIpc) is 3.25. The zero-order chi connectivity index (χ0) is 43.5. The molecule has 0 aliphatic carbocycles. The summed E-state index contributed by atoms with van der Waals surface area (Å²) in [5, 5.41) is 0. The summed E-state index contributed by atoms with van der Waals surface area (Å²) >= 11 is 0. The summed E-state index contributed by atoms with van der Waals surface area (Å²) in [5.41, 5.74) is 0. The molecular weight excluding hydrogens is 741 g/mol. The molecule has 5 nitrogen and oxygen atoms in total. The van der Waals surface area contributed by atoms with Gasteiger partial charge in [0.25, 0.3) is 0 Å². The number of unbranched alkanes of at least 4 members (excludes halogenated alkanes) is 18. The second kappa shape index (κ2) is 50.2. The number of allylic oxidation sites excluding steroid dienone is 15. The molecule has 0 saturated carbocycles. The fraction of sp³-hybridized carbons (Fsp3) is 0.673. The zero-order valence-electron chi connectivity index (χ0n) is 39.2. The van der Waals surface area contributed by atoms with Crippen LogP contribution in [0.5, 0.6) is 0 Å². The Morgan fingerprint density at radius 2 is 0.833 bits per heavy atom. The SMILES string of the molecule is CC/C=C\C/C=C\C/C=C\C/C=C\C/C=C\CC(=O)OCC(COCCCCCCCC/C=C\CCCCCCCC)OC(=O)CCCCCCC/C=C\C/C=C\CCC. The van der Waals surface area contributed by atoms with Gasteiger partial charge in [0, 0.05) is 13.0 Å². The molecule has 0 saturated heterocycles. The molecule has 0 fully saturated rings. The maximum absolute atomic E-state index is 12.8. The van der Waals surface area contributed by atoms with E-state index >= 15 is 0 Å². The van der Waals surface area contributed by atoms with Gasteiger partial charge in [-0.15, -0.1) is 0 Å². The molecular formula is C55H92O5. The average molecular weight is 833 g/mol. The van der Waals surface area contributed by atoms with Gasteiger partial charge in [-0.2, -0.15) is 0 Å². The molecule has 342 valence electrons. The second-order valence-corrected chi connectivity index (χ2v) is 16.0. The van der Waals surface area contributed by atoms with E-state index < -0.39 is 6.10 Å². The standard InChI is InChI=1S/C55H92O5/c1-4-7-10-13-16-19-22-25-27-29-32-35-38-41-44-47-50-58-51-53(60-55(57)49-46-43-40-37-34-30-24-21-18-15-12-9-6-3)52-59-54(56)48-45-42-39-36-33-31-28-26-23-20-17-14-11-8-5-2/h8,11-12,15,17,20-21,24-28,33,36,42,45,53H,4-7,9-10,13-14,16,18-19,22-23,29-32,34-35,37-41,43-44,46-52H2,1-3H3/b11-8-,15-12-,20-17-,24-21-,27-25-,28-26-,36-33-,45-42-. The van der Waals surface area contributed by atoms with Gasteiger partial charge in [0.05, 0.1) is 13.0 Å². The van der Waals surface area contributed by atoms with Crippen molar-refractivity contribution < 1.29 is 23.8 Å². The van der Waals surface area contributed by atoms with Gasteiger partial charge in [-0.1, -0.05) is 201 Å². The lowest BCUT2D eigenvalue weighted by atomic mass is 10.1. The van der Waals surface area contributed by atoms with Crippen molar-refractivity contribution in [1.82, 2.24) is 0 Å². The Labute approximate surface area is 371 Å². The van der Waals surface area contributed by atoms with Crippen molar-refractivity contribution in [2.45, 2.75) is 219 Å². The Balaban J connectivity index is 4.42. The van der Waals surface area contributed by atoms with E-state index in [0.717, 1.165) is 83.5 Å². The van der Waals surface area contributed by atoms with E-state index in [1.54, 1.807) is 0 Å². The fourth-order valence-electron chi connectivity index (χ4n) is 6.44. The molecule has 0 aromatic carbocycles. The van der Waals surface area contributed by atoms with E-state index in [2.05, 4.69) is 106 Å². The summed E-state index contributed by atoms with van der Waals surface area (Å²) in [5.74, 6) is -0.567. The molecule has 1 unspecified atom stereocenters. The van der Waals surface area contributed by atoms with Crippen molar-refractivity contribution in [3.05, 3.63) is 97.2 Å². The lowest BCUT2D eigenvalue weighted by Gasteiger charge is -2.18. The van der Waals surface area contributed by atoms with Crippen LogP contribution in [-0.4, -0.2) is 37.9 Å². The van der Waals surface area contributed by atoms with Gasteiger partial charge in [0.1, 0.15) is 6.61 Å². The van der Waals surface area contributed by atoms with Crippen molar-refractivity contribution in [2.75, 3.05) is 19.8 Å². The van der Waals surface area contributed by atoms with Crippen LogP contribution in [0.2, 0.25) is 0 Å². The minimum absolute atomic E-state index is 0.0185. The summed E-state index contributed by atoms with van der Waals surface area (Å²) in [6.07, 6.45) is 67.2. The van der Waals surface area contributed by atoms with Crippen LogP contribution in [0.4, 0.5) is 0 Å². The number of ether oxygens (including phenoxy) is 3. The van der Waals surface area contributed by atoms with Crippen LogP contribution in [-0.2, 0) is 23.8 Å². The van der Waals surface area contributed by atoms with Gasteiger partial charge in [-0.25, -0.2) is 0 Å². The first-order valence-electron chi connectivity index (χ1n) is 24.8. The fourth-order valence-corrected chi connectivity index (χ4v) is 6.44. The maximum atomic E-state index is 12.8. The van der Waals surface area contributed by atoms with Crippen LogP contribution >= 0.6 is 0 Å². The number of hydrogen-bond acceptors (Lipinski definition) is 5. The molecule has 0 rings (SSSR count). The summed E-state index contributed by atoms with van der Waals surface area (Å²) in [6.45, 7) is 7.50. The molecule has 0 spiro atoms. The quantitative estimate of drug-likeness (QED) is 0.0348. The van der Waals surface area contributed by atoms with Gasteiger partial charge < -0.3 is 14.2 Å². The molecule has 60 heavy (non-hydrogen) atoms. The third-order valence-corrected chi connectivity index (χ3v) is 10.1. The van der Waals surface area contributed by atoms with E-state index in [-0.39, 0.29) is 31.6 Å². The van der Waals surface area contributed by atoms with Crippen LogP contribution in [0.25, 0.3) is 0 Å². The van der Waals surface area contributed by atoms with E-state index in [1.165, 1.54) is 96.3 Å². The zero-order valence-corrected chi connectivity index (χ0v) is 39.2. The van der Waals surface area contributed by atoms with E-state index in [0.29, 0.717) is 13.0 Å². The van der Waals surface area contributed by atoms with Crippen molar-refractivity contribution in [2.24, 2.45) is 0 Å². The molecule has 0 heterocycles. The predicted molar refractivity (Wildman–Crippen MR) is 260 cm³/mol. The highest BCUT2D eigenvalue weighted by Gasteiger charge is 2.17. The molecule has 1 atom stereocenters. The summed E-state index contributed by atoms with van der Waals surface area (Å²) in [7, 11) is 0. The minimum atomic E-state index is -0.590. The van der Waals surface area contributed by atoms with Crippen LogP contribution < -0.4 is 0 Å². The van der Waals surface area contributed by atoms with Gasteiger partial charge in [-0.05, 0) is 96.3 Å². The van der Waals surface area contributed by atoms with Crippen LogP contribution in [0, 0.1) is 0 Å². The highest BCUT2D eigenvalue weighted by atomic mass is 16.6. The Kier molecular flexibility index (Phi) is 47.5. The van der Waals surface area contributed by atoms with Crippen LogP contribution in [0.3, 0.4) is 0 Å². The number of carbonyl (C=O) groups is 2. The van der Waals surface area contributed by atoms with E-state index in [9.17, 15) is 9.59 Å². The first-order chi connectivity index (χ1) is 29.6. The molecule has 0 aromatic rings. The molecule has 5 heteroatoms. The van der Waals surface area contributed by atoms with Crippen LogP contribution in [0.1, 0.15) is 213 Å². The van der Waals surface area contributed by atoms with Gasteiger partial charge in [-0.3, -0.25) is 9.59 Å². The number of rotatable bonds is 44. The first kappa shape index (κ1) is 56.8. The third-order valence-electron chi connectivity index (χ3n) is 10.1. The third kappa shape index (κ3) is 47.5. The first-order valence-corrected chi connectivity index (χ1v) is 24.8. The number of carbonyl (C=O) groups excluding carboxylic acids is 2. The Morgan fingerprint density at radius 3 is 1.37 bits per heavy atom. The Hall–Kier alpha value is -3.18. The van der Waals surface area contributed by atoms with Crippen molar-refractivity contribution >= 4 is 11.9 Å². The molecule has 0 N–H and O–H groups in total. The van der Waals surface area contributed by atoms with E-state index in [1.807, 2.05) is 12.2 Å². The Bertz CT molecular complexity index is 1170. The summed E-state index contributed by atoms with van der Waals surface area (Å²) < 4.78 is 17.2. The van der Waals surface area contributed by atoms with Gasteiger partial charge >= 0.3 is 11.9 Å². The molecule has 0 aliphatic rings. The number of hydrogen-bond donors (Lipinski definition) is 0. The normalized spacial score (nSPS) is 13.1. The lowest BCUT2D eigenvalue weighted by Crippen LogP contribution is -2.30. The second-order valence-electron chi connectivity index (χ2n) is 16.0. The topological polar surface area (TPSA) is 61.8 Å². The minimum Gasteiger partial charge on any atom is -0.461 e. The largest absolute Gasteiger partial charge is 0.461 e. The van der Waals surface area contributed by atoms with Crippen LogP contribution in [0.15, 0.2) is 97.2 Å². The maximum Gasteiger partial charge on any atom is 0.309 e. The summed E-state index contributed by atoms with van der Waals surface area (Å²) in [6, 6.07) is 0. The molecule has 0 radical (unpaired) electrons. The smallest absolute Gasteiger partial charge is 0.309 e. The Morgan fingerprint density at radius 1 is 0.400 bits per heavy atom. The highest BCUT2D eigenvalue weighted by Crippen LogP contribution is 2.12. The van der Waals surface area contributed by atoms with E-state index in [4.69, 9.17) is 14.2 Å². The number of esters is 2. The monoisotopic (exact) mass is 833 g/mol. The predicted octanol–water partition coefficient (Wildman–Crippen LogP) is 16.7. The lowest BCUT2D eigenvalue weighted by molar-refractivity contribution is -0.162. The molecule has 0 amide bonds. The van der Waals surface area contributed by atoms with Gasteiger partial charge in [0.15, 0.2) is 6.10 Å². The van der Waals surface area contributed by atoms with Crippen molar-refractivity contribution in [1.29, 1.82) is 0 Å². The highest BCUT2D eigenvalue weighted by molar-refractivity contribution is 5.71. The van der Waals surface area contributed by atoms with Gasteiger partial charge in [0.2, 0.25) is 0 Å². The van der Waals surface area contributed by atoms with Crippen molar-refractivity contribution in [3.63, 3.8) is 0 Å². The molecule has 0 aromatic heterocycles. The molecule has 0 bridgehead atoms.